The van der Waals surface area contributed by atoms with Gasteiger partial charge < -0.3 is 4.90 Å². The van der Waals surface area contributed by atoms with Crippen LogP contribution in [0.15, 0.2) is 212 Å². The van der Waals surface area contributed by atoms with Gasteiger partial charge in [-0.3, -0.25) is 8.97 Å². The average Bonchev–Trinajstić information content (AvgIpc) is 3.87. The highest BCUT2D eigenvalue weighted by Crippen LogP contribution is 2.46. The molecule has 12 aromatic rings. The zero-order valence-electron chi connectivity index (χ0n) is 31.9. The van der Waals surface area contributed by atoms with Crippen molar-refractivity contribution >= 4 is 77.2 Å². The summed E-state index contributed by atoms with van der Waals surface area (Å²) in [6.07, 6.45) is 0. The van der Waals surface area contributed by atoms with Crippen LogP contribution in [0.2, 0.25) is 0 Å². The lowest BCUT2D eigenvalue weighted by atomic mass is 10.0. The van der Waals surface area contributed by atoms with Crippen molar-refractivity contribution in [3.8, 4) is 28.2 Å². The van der Waals surface area contributed by atoms with Crippen molar-refractivity contribution in [3.63, 3.8) is 0 Å². The fourth-order valence-electron chi connectivity index (χ4n) is 8.97. The first-order valence-electron chi connectivity index (χ1n) is 20.0. The highest BCUT2D eigenvalue weighted by atomic mass is 15.2. The van der Waals surface area contributed by atoms with E-state index < -0.39 is 0 Å². The lowest BCUT2D eigenvalue weighted by Gasteiger charge is -2.28. The van der Waals surface area contributed by atoms with Gasteiger partial charge in [-0.1, -0.05) is 152 Å². The van der Waals surface area contributed by atoms with Gasteiger partial charge in [-0.05, 0) is 82.9 Å². The minimum atomic E-state index is 0.807. The van der Waals surface area contributed by atoms with Crippen molar-refractivity contribution in [1.82, 2.24) is 18.9 Å². The molecular weight excluding hydrogens is 719 g/mol. The molecule has 0 aliphatic heterocycles. The maximum atomic E-state index is 5.47. The van der Waals surface area contributed by atoms with E-state index >= 15 is 0 Å². The molecule has 59 heavy (non-hydrogen) atoms. The zero-order valence-corrected chi connectivity index (χ0v) is 31.9. The highest BCUT2D eigenvalue weighted by Gasteiger charge is 2.24. The summed E-state index contributed by atoms with van der Waals surface area (Å²) < 4.78 is 4.60. The fourth-order valence-corrected chi connectivity index (χ4v) is 8.97. The van der Waals surface area contributed by atoms with Crippen LogP contribution in [0.5, 0.6) is 0 Å². The largest absolute Gasteiger partial charge is 0.310 e. The second kappa shape index (κ2) is 13.3. The summed E-state index contributed by atoms with van der Waals surface area (Å²) in [6.45, 7) is 0. The lowest BCUT2D eigenvalue weighted by molar-refractivity contribution is 0.981. The first-order chi connectivity index (χ1) is 29.3. The molecule has 276 valence electrons. The van der Waals surface area contributed by atoms with E-state index in [1.165, 1.54) is 22.3 Å². The van der Waals surface area contributed by atoms with Gasteiger partial charge in [-0.25, -0.2) is 9.97 Å². The predicted molar refractivity (Wildman–Crippen MR) is 245 cm³/mol. The molecule has 0 unspecified atom stereocenters. The van der Waals surface area contributed by atoms with Gasteiger partial charge in [0.2, 0.25) is 5.95 Å². The van der Waals surface area contributed by atoms with Crippen LogP contribution in [-0.2, 0) is 0 Å². The fraction of sp³-hybridized carbons (Fsp3) is 0. The van der Waals surface area contributed by atoms with Gasteiger partial charge in [-0.15, -0.1) is 0 Å². The molecular formula is C54H35N5. The van der Waals surface area contributed by atoms with Crippen LogP contribution in [0.25, 0.3) is 88.4 Å². The molecule has 12 rings (SSSR count). The number of rotatable bonds is 6. The van der Waals surface area contributed by atoms with Crippen LogP contribution in [0.1, 0.15) is 0 Å². The van der Waals surface area contributed by atoms with E-state index in [-0.39, 0.29) is 0 Å². The van der Waals surface area contributed by atoms with Gasteiger partial charge in [-0.2, -0.15) is 0 Å². The predicted octanol–water partition coefficient (Wildman–Crippen LogP) is 14.1. The normalized spacial score (nSPS) is 11.7. The summed E-state index contributed by atoms with van der Waals surface area (Å²) in [5, 5.41) is 5.59. The number of nitrogens with zero attached hydrogens (tertiary/aromatic N) is 5. The van der Waals surface area contributed by atoms with Gasteiger partial charge in [0.1, 0.15) is 5.65 Å². The van der Waals surface area contributed by atoms with Crippen molar-refractivity contribution in [2.24, 2.45) is 0 Å². The zero-order chi connectivity index (χ0) is 38.9. The number of hydrogen-bond donors (Lipinski definition) is 0. The molecule has 9 aromatic carbocycles. The third-order valence-corrected chi connectivity index (χ3v) is 11.7. The Morgan fingerprint density at radius 2 is 0.847 bits per heavy atom. The van der Waals surface area contributed by atoms with Crippen molar-refractivity contribution < 1.29 is 0 Å². The Morgan fingerprint density at radius 3 is 1.49 bits per heavy atom. The van der Waals surface area contributed by atoms with Crippen LogP contribution >= 0.6 is 0 Å². The second-order valence-electron chi connectivity index (χ2n) is 15.0. The van der Waals surface area contributed by atoms with Crippen molar-refractivity contribution in [3.05, 3.63) is 212 Å². The van der Waals surface area contributed by atoms with E-state index in [9.17, 15) is 0 Å². The van der Waals surface area contributed by atoms with E-state index in [4.69, 9.17) is 9.97 Å². The molecule has 0 radical (unpaired) electrons. The van der Waals surface area contributed by atoms with Gasteiger partial charge in [0.25, 0.3) is 0 Å². The van der Waals surface area contributed by atoms with Crippen LogP contribution in [0, 0.1) is 0 Å². The Labute approximate surface area is 340 Å². The highest BCUT2D eigenvalue weighted by molar-refractivity contribution is 6.22. The van der Waals surface area contributed by atoms with Gasteiger partial charge in [0.15, 0.2) is 0 Å². The van der Waals surface area contributed by atoms with E-state index in [0.29, 0.717) is 0 Å². The number of aromatic nitrogens is 4. The van der Waals surface area contributed by atoms with Crippen LogP contribution in [0.3, 0.4) is 0 Å². The first kappa shape index (κ1) is 33.2. The molecule has 0 fully saturated rings. The molecule has 0 atom stereocenters. The minimum Gasteiger partial charge on any atom is -0.310 e. The summed E-state index contributed by atoms with van der Waals surface area (Å²) in [5.41, 5.74) is 13.9. The smallest absolute Gasteiger partial charge is 0.221 e. The summed E-state index contributed by atoms with van der Waals surface area (Å²) in [4.78, 5) is 13.1. The number of benzene rings is 9. The van der Waals surface area contributed by atoms with Crippen molar-refractivity contribution in [2.45, 2.75) is 0 Å². The maximum absolute atomic E-state index is 5.47. The molecule has 0 saturated carbocycles. The van der Waals surface area contributed by atoms with E-state index in [0.717, 1.165) is 83.2 Å². The average molecular weight is 754 g/mol. The molecule has 0 aliphatic rings. The van der Waals surface area contributed by atoms with Gasteiger partial charge >= 0.3 is 0 Å². The van der Waals surface area contributed by atoms with Crippen LogP contribution in [0.4, 0.5) is 17.1 Å². The molecule has 5 nitrogen and oxygen atoms in total. The number of fused-ring (bicyclic) bond motifs is 10. The van der Waals surface area contributed by atoms with E-state index in [1.54, 1.807) is 0 Å². The van der Waals surface area contributed by atoms with Crippen molar-refractivity contribution in [2.75, 3.05) is 4.90 Å². The molecule has 5 heteroatoms. The molecule has 0 aliphatic carbocycles. The quantitative estimate of drug-likeness (QED) is 0.170. The molecule has 0 saturated heterocycles. The van der Waals surface area contributed by atoms with Crippen LogP contribution in [-0.4, -0.2) is 18.9 Å². The third kappa shape index (κ3) is 5.25. The number of para-hydroxylation sites is 4. The summed E-state index contributed by atoms with van der Waals surface area (Å²) in [5.74, 6) is 0.807. The number of anilines is 3. The first-order valence-corrected chi connectivity index (χ1v) is 20.0. The Balaban J connectivity index is 1.15. The van der Waals surface area contributed by atoms with Gasteiger partial charge in [0.05, 0.1) is 33.3 Å². The molecule has 0 amide bonds. The van der Waals surface area contributed by atoms with E-state index in [2.05, 4.69) is 226 Å². The second-order valence-corrected chi connectivity index (χ2v) is 15.0. The van der Waals surface area contributed by atoms with Crippen LogP contribution < -0.4 is 4.90 Å². The summed E-state index contributed by atoms with van der Waals surface area (Å²) >= 11 is 0. The lowest BCUT2D eigenvalue weighted by Crippen LogP contribution is -2.11. The minimum absolute atomic E-state index is 0.807. The Bertz CT molecular complexity index is 3450. The number of imidazole rings is 1. The standard InChI is InChI=1S/C54H35N5/c1-3-15-36(16-4-1)38-27-31-40(32-28-38)57(41-33-29-39(30-34-41)37-17-5-2-6-18-37)51-35-46-43-20-10-13-25-49(43)58(52(46)44-21-8-7-19-42(44)51)54-56-47-23-11-9-22-45(47)53-55-48-24-12-14-26-50(48)59(53)54/h1-35H. The molecule has 0 N–H and O–H groups in total. The topological polar surface area (TPSA) is 38.4 Å². The SMILES string of the molecule is c1ccc(-c2ccc(N(c3ccc(-c4ccccc4)cc3)c3cc4c5ccccc5n(-c5nc6ccccc6c6nc7ccccc7n56)c4c4ccccc34)cc2)cc1. The molecule has 0 bridgehead atoms. The monoisotopic (exact) mass is 753 g/mol. The Morgan fingerprint density at radius 1 is 0.356 bits per heavy atom. The summed E-state index contributed by atoms with van der Waals surface area (Å²) in [6, 6.07) is 75.7. The third-order valence-electron chi connectivity index (χ3n) is 11.7. The molecule has 3 heterocycles. The Kier molecular flexibility index (Phi) is 7.47. The number of hydrogen-bond acceptors (Lipinski definition) is 3. The molecule has 0 spiro atoms. The maximum Gasteiger partial charge on any atom is 0.221 e. The van der Waals surface area contributed by atoms with Gasteiger partial charge in [0, 0.05) is 38.3 Å². The van der Waals surface area contributed by atoms with Crippen molar-refractivity contribution in [1.29, 1.82) is 0 Å². The van der Waals surface area contributed by atoms with E-state index in [1.807, 2.05) is 0 Å². The molecule has 3 aromatic heterocycles. The Hall–Kier alpha value is -8.02. The summed E-state index contributed by atoms with van der Waals surface area (Å²) in [7, 11) is 0.